The largest absolute Gasteiger partial charge is 0.527 e. The molecule has 304 valence electrons. The molecule has 2 rings (SSSR count). The Kier molecular flexibility index (Phi) is 19.9. The maximum Gasteiger partial charge on any atom is 0.527 e. The Balaban J connectivity index is 1.76. The number of phosphoric ester groups is 2. The molecule has 0 spiro atoms. The highest BCUT2D eigenvalue weighted by molar-refractivity contribution is 7.48. The first-order valence-electron chi connectivity index (χ1n) is 19.5. The normalized spacial score (nSPS) is 19.8. The predicted molar refractivity (Wildman–Crippen MR) is 207 cm³/mol. The van der Waals surface area contributed by atoms with Crippen molar-refractivity contribution >= 4 is 15.6 Å². The average Bonchev–Trinajstić information content (AvgIpc) is 3.01. The maximum atomic E-state index is 12.9. The lowest BCUT2D eigenvalue weighted by Gasteiger charge is -2.38. The number of ether oxygens (including phenoxy) is 3. The predicted octanol–water partition coefficient (Wildman–Crippen LogP) is 10.6. The van der Waals surface area contributed by atoms with Crippen LogP contribution < -0.4 is 9.26 Å². The summed E-state index contributed by atoms with van der Waals surface area (Å²) in [6.45, 7) is 22.6. The zero-order valence-corrected chi connectivity index (χ0v) is 36.0. The Morgan fingerprint density at radius 3 is 1.77 bits per heavy atom. The van der Waals surface area contributed by atoms with Gasteiger partial charge in [0.15, 0.2) is 0 Å². The van der Waals surface area contributed by atoms with Gasteiger partial charge in [-0.2, -0.15) is 0 Å². The van der Waals surface area contributed by atoms with Crippen LogP contribution in [0.3, 0.4) is 0 Å². The summed E-state index contributed by atoms with van der Waals surface area (Å²) in [5.74, 6) is 3.57. The summed E-state index contributed by atoms with van der Waals surface area (Å²) in [6.07, 6.45) is 13.0. The van der Waals surface area contributed by atoms with E-state index in [0.717, 1.165) is 65.5 Å². The first-order chi connectivity index (χ1) is 24.1. The zero-order chi connectivity index (χ0) is 39.2. The molecule has 5 atom stereocenters. The molecular formula is C39H72O11P2. The third-order valence-corrected chi connectivity index (χ3v) is 12.0. The molecule has 0 bridgehead atoms. The van der Waals surface area contributed by atoms with Gasteiger partial charge in [0.05, 0.1) is 45.2 Å². The Bertz CT molecular complexity index is 1310. The van der Waals surface area contributed by atoms with Crippen molar-refractivity contribution in [2.24, 2.45) is 17.8 Å². The first-order valence-corrected chi connectivity index (χ1v) is 22.4. The molecule has 2 unspecified atom stereocenters. The highest BCUT2D eigenvalue weighted by Crippen LogP contribution is 2.51. The van der Waals surface area contributed by atoms with Crippen molar-refractivity contribution < 1.29 is 51.2 Å². The van der Waals surface area contributed by atoms with Crippen LogP contribution in [0.25, 0.3) is 0 Å². The van der Waals surface area contributed by atoms with E-state index in [1.165, 1.54) is 44.9 Å². The molecule has 0 saturated carbocycles. The van der Waals surface area contributed by atoms with E-state index in [9.17, 15) is 18.9 Å². The van der Waals surface area contributed by atoms with Gasteiger partial charge in [-0.1, -0.05) is 72.6 Å². The number of hydrogen-bond donors (Lipinski definition) is 2. The highest BCUT2D eigenvalue weighted by atomic mass is 31.2. The van der Waals surface area contributed by atoms with Gasteiger partial charge in [0.1, 0.15) is 17.1 Å². The summed E-state index contributed by atoms with van der Waals surface area (Å²) in [5, 5.41) is 0. The summed E-state index contributed by atoms with van der Waals surface area (Å²) in [5.41, 5.74) is 2.42. The van der Waals surface area contributed by atoms with Gasteiger partial charge in [-0.15, -0.1) is 0 Å². The Morgan fingerprint density at radius 1 is 0.731 bits per heavy atom. The molecule has 0 saturated heterocycles. The van der Waals surface area contributed by atoms with Gasteiger partial charge in [0.2, 0.25) is 0 Å². The molecule has 52 heavy (non-hydrogen) atoms. The Hall–Kier alpha value is -1.00. The fourth-order valence-corrected chi connectivity index (χ4v) is 8.57. The Morgan fingerprint density at radius 2 is 1.23 bits per heavy atom. The van der Waals surface area contributed by atoms with Crippen molar-refractivity contribution in [1.29, 1.82) is 0 Å². The number of hydrogen-bond acceptors (Lipinski definition) is 9. The molecule has 1 aliphatic heterocycles. The van der Waals surface area contributed by atoms with Gasteiger partial charge in [0.25, 0.3) is 0 Å². The molecule has 13 heteroatoms. The van der Waals surface area contributed by atoms with Gasteiger partial charge in [-0.25, -0.2) is 9.13 Å². The number of benzene rings is 1. The van der Waals surface area contributed by atoms with E-state index < -0.39 is 21.2 Å². The highest BCUT2D eigenvalue weighted by Gasteiger charge is 2.36. The van der Waals surface area contributed by atoms with Gasteiger partial charge >= 0.3 is 15.6 Å². The van der Waals surface area contributed by atoms with Crippen LogP contribution in [0.15, 0.2) is 0 Å². The second kappa shape index (κ2) is 21.9. The minimum atomic E-state index is -4.43. The third kappa shape index (κ3) is 18.1. The molecule has 1 heterocycles. The summed E-state index contributed by atoms with van der Waals surface area (Å²) in [7, 11) is -8.59. The molecule has 0 amide bonds. The summed E-state index contributed by atoms with van der Waals surface area (Å²) in [4.78, 5) is 20.2. The quantitative estimate of drug-likeness (QED) is 0.0686. The standard InChI is InChI=1S/C39H72O11P2/c1-29(2)15-12-16-30(3)17-13-18-31(4)19-14-21-39(11)22-20-35-34(7)36(32(5)33(6)37(35)48-39)49-51(40,41)46-27-25-44-23-24-45-26-28-47-52(42,43)50-38(8,9)10/h29-31H,12-28H2,1-11H3,(H,40,41)(H,42,43)/t30-,31-,39+/m1/s1. The lowest BCUT2D eigenvalue weighted by atomic mass is 9.84. The third-order valence-electron chi connectivity index (χ3n) is 9.77. The fourth-order valence-electron chi connectivity index (χ4n) is 6.66. The van der Waals surface area contributed by atoms with Crippen LogP contribution in [-0.4, -0.2) is 60.6 Å². The molecule has 2 N–H and O–H groups in total. The minimum Gasteiger partial charge on any atom is -0.487 e. The van der Waals surface area contributed by atoms with Crippen molar-refractivity contribution in [3.63, 3.8) is 0 Å². The van der Waals surface area contributed by atoms with Crippen molar-refractivity contribution in [1.82, 2.24) is 0 Å². The summed E-state index contributed by atoms with van der Waals surface area (Å²) < 4.78 is 62.9. The van der Waals surface area contributed by atoms with Crippen LogP contribution in [0.5, 0.6) is 11.5 Å². The van der Waals surface area contributed by atoms with Crippen LogP contribution >= 0.6 is 15.6 Å². The molecular weight excluding hydrogens is 706 g/mol. The molecule has 0 aromatic heterocycles. The fraction of sp³-hybridized carbons (Fsp3) is 0.846. The number of rotatable bonds is 26. The smallest absolute Gasteiger partial charge is 0.487 e. The SMILES string of the molecule is Cc1c(C)c2c(c(C)c1OP(=O)(O)OCCOCCOCCOP(=O)(O)OC(C)(C)C)CC[C@](C)(CCC[C@H](C)CCC[C@H](C)CCCC(C)C)O2. The topological polar surface area (TPSA) is 139 Å². The molecule has 0 radical (unpaired) electrons. The van der Waals surface area contributed by atoms with Crippen LogP contribution in [0.4, 0.5) is 0 Å². The molecule has 0 fully saturated rings. The monoisotopic (exact) mass is 778 g/mol. The molecule has 0 aliphatic carbocycles. The lowest BCUT2D eigenvalue weighted by Crippen LogP contribution is -2.37. The molecule has 1 aliphatic rings. The van der Waals surface area contributed by atoms with Crippen LogP contribution in [0.2, 0.25) is 0 Å². The van der Waals surface area contributed by atoms with Crippen molar-refractivity contribution in [3.05, 3.63) is 22.3 Å². The van der Waals surface area contributed by atoms with E-state index in [1.54, 1.807) is 20.8 Å². The average molecular weight is 779 g/mol. The summed E-state index contributed by atoms with van der Waals surface area (Å²) in [6, 6.07) is 0. The van der Waals surface area contributed by atoms with Crippen LogP contribution in [0, 0.1) is 38.5 Å². The maximum absolute atomic E-state index is 12.9. The van der Waals surface area contributed by atoms with E-state index >= 15 is 0 Å². The lowest BCUT2D eigenvalue weighted by molar-refractivity contribution is 0.0130. The second-order valence-corrected chi connectivity index (χ2v) is 19.3. The van der Waals surface area contributed by atoms with Crippen molar-refractivity contribution in [3.8, 4) is 11.5 Å². The molecule has 11 nitrogen and oxygen atoms in total. The van der Waals surface area contributed by atoms with Crippen molar-refractivity contribution in [2.75, 3.05) is 39.6 Å². The van der Waals surface area contributed by atoms with Gasteiger partial charge in [0, 0.05) is 5.56 Å². The van der Waals surface area contributed by atoms with Crippen molar-refractivity contribution in [2.45, 2.75) is 158 Å². The van der Waals surface area contributed by atoms with Gasteiger partial charge < -0.3 is 23.6 Å². The summed E-state index contributed by atoms with van der Waals surface area (Å²) >= 11 is 0. The second-order valence-electron chi connectivity index (χ2n) is 16.5. The number of fused-ring (bicyclic) bond motifs is 1. The zero-order valence-electron chi connectivity index (χ0n) is 34.2. The molecule has 1 aromatic rings. The number of phosphoric acid groups is 2. The van der Waals surface area contributed by atoms with E-state index in [-0.39, 0.29) is 45.2 Å². The van der Waals surface area contributed by atoms with E-state index in [1.807, 2.05) is 20.8 Å². The van der Waals surface area contributed by atoms with E-state index in [0.29, 0.717) is 11.7 Å². The Labute approximate surface area is 315 Å². The van der Waals surface area contributed by atoms with Gasteiger partial charge in [-0.05, 0) is 109 Å². The molecule has 1 aromatic carbocycles. The van der Waals surface area contributed by atoms with E-state index in [4.69, 9.17) is 32.3 Å². The van der Waals surface area contributed by atoms with Crippen LogP contribution in [-0.2, 0) is 38.6 Å². The van der Waals surface area contributed by atoms with E-state index in [2.05, 4.69) is 34.6 Å². The van der Waals surface area contributed by atoms with Gasteiger partial charge in [-0.3, -0.25) is 18.5 Å². The first kappa shape index (κ1) is 47.2. The van der Waals surface area contributed by atoms with Crippen LogP contribution in [0.1, 0.15) is 142 Å². The minimum absolute atomic E-state index is 0.0448.